The third-order valence-electron chi connectivity index (χ3n) is 2.84. The number of ether oxygens (including phenoxy) is 1. The van der Waals surface area contributed by atoms with E-state index in [1.165, 1.54) is 0 Å². The fourth-order valence-corrected chi connectivity index (χ4v) is 1.79. The Balaban J connectivity index is 2.68. The van der Waals surface area contributed by atoms with E-state index in [0.717, 1.165) is 30.2 Å². The second-order valence-corrected chi connectivity index (χ2v) is 5.17. The average Bonchev–Trinajstić information content (AvgIpc) is 2.36. The predicted octanol–water partition coefficient (Wildman–Crippen LogP) is 2.83. The third kappa shape index (κ3) is 5.03. The lowest BCUT2D eigenvalue weighted by molar-refractivity contribution is 0.000635. The van der Waals surface area contributed by atoms with Crippen molar-refractivity contribution in [1.82, 2.24) is 9.97 Å². The summed E-state index contributed by atoms with van der Waals surface area (Å²) >= 11 is 0. The van der Waals surface area contributed by atoms with Crippen LogP contribution in [0.15, 0.2) is 6.33 Å². The normalized spacial score (nSPS) is 11.4. The molecule has 0 aliphatic heterocycles. The van der Waals surface area contributed by atoms with E-state index in [-0.39, 0.29) is 5.60 Å². The van der Waals surface area contributed by atoms with E-state index in [4.69, 9.17) is 4.74 Å². The summed E-state index contributed by atoms with van der Waals surface area (Å²) in [6.07, 6.45) is 2.66. The lowest BCUT2D eigenvalue weighted by Gasteiger charge is -2.25. The molecular formula is C14H26N4O. The topological polar surface area (TPSA) is 59.1 Å². The number of nitrogens with one attached hydrogen (secondary N) is 2. The fraction of sp³-hybridized carbons (Fsp3) is 0.714. The van der Waals surface area contributed by atoms with Crippen molar-refractivity contribution in [3.05, 3.63) is 11.9 Å². The summed E-state index contributed by atoms with van der Waals surface area (Å²) in [6.45, 7) is 12.6. The van der Waals surface area contributed by atoms with Crippen molar-refractivity contribution in [3.63, 3.8) is 0 Å². The molecule has 108 valence electrons. The Morgan fingerprint density at radius 1 is 1.16 bits per heavy atom. The fourth-order valence-electron chi connectivity index (χ4n) is 1.79. The van der Waals surface area contributed by atoms with E-state index in [2.05, 4.69) is 41.4 Å². The molecule has 1 aromatic heterocycles. The summed E-state index contributed by atoms with van der Waals surface area (Å²) in [4.78, 5) is 8.56. The van der Waals surface area contributed by atoms with E-state index in [1.54, 1.807) is 6.33 Å². The highest BCUT2D eigenvalue weighted by molar-refractivity contribution is 5.56. The Morgan fingerprint density at radius 2 is 1.79 bits per heavy atom. The molecule has 2 N–H and O–H groups in total. The van der Waals surface area contributed by atoms with Gasteiger partial charge in [0, 0.05) is 25.3 Å². The number of nitrogens with zero attached hydrogens (tertiary/aromatic N) is 2. The van der Waals surface area contributed by atoms with Gasteiger partial charge in [-0.2, -0.15) is 0 Å². The summed E-state index contributed by atoms with van der Waals surface area (Å²) in [7, 11) is 0. The van der Waals surface area contributed by atoms with Crippen molar-refractivity contribution >= 4 is 11.6 Å². The first-order valence-corrected chi connectivity index (χ1v) is 6.93. The zero-order valence-corrected chi connectivity index (χ0v) is 12.7. The SMILES string of the molecule is CCCNc1ncnc(NCC(C)(C)OCC)c1C. The van der Waals surface area contributed by atoms with E-state index < -0.39 is 0 Å². The molecule has 0 spiro atoms. The minimum atomic E-state index is -0.205. The van der Waals surface area contributed by atoms with Gasteiger partial charge in [-0.3, -0.25) is 0 Å². The monoisotopic (exact) mass is 266 g/mol. The minimum Gasteiger partial charge on any atom is -0.374 e. The molecule has 19 heavy (non-hydrogen) atoms. The summed E-state index contributed by atoms with van der Waals surface area (Å²) in [5.41, 5.74) is 0.839. The van der Waals surface area contributed by atoms with Crippen molar-refractivity contribution in [1.29, 1.82) is 0 Å². The lowest BCUT2D eigenvalue weighted by atomic mass is 10.1. The molecule has 0 aromatic carbocycles. The highest BCUT2D eigenvalue weighted by Crippen LogP contribution is 2.19. The summed E-state index contributed by atoms with van der Waals surface area (Å²) < 4.78 is 5.66. The van der Waals surface area contributed by atoms with Gasteiger partial charge < -0.3 is 15.4 Å². The maximum Gasteiger partial charge on any atom is 0.134 e. The maximum atomic E-state index is 5.66. The van der Waals surface area contributed by atoms with Gasteiger partial charge >= 0.3 is 0 Å². The van der Waals surface area contributed by atoms with Crippen LogP contribution in [0.5, 0.6) is 0 Å². The molecule has 0 aliphatic carbocycles. The van der Waals surface area contributed by atoms with Crippen LogP contribution < -0.4 is 10.6 Å². The standard InChI is InChI=1S/C14H26N4O/c1-6-8-15-12-11(3)13(18-10-17-12)16-9-14(4,5)19-7-2/h10H,6-9H2,1-5H3,(H2,15,16,17,18). The van der Waals surface area contributed by atoms with Crippen LogP contribution in [0.4, 0.5) is 11.6 Å². The first-order chi connectivity index (χ1) is 9.00. The molecule has 5 nitrogen and oxygen atoms in total. The molecular weight excluding hydrogens is 240 g/mol. The highest BCUT2D eigenvalue weighted by atomic mass is 16.5. The first-order valence-electron chi connectivity index (χ1n) is 6.93. The second-order valence-electron chi connectivity index (χ2n) is 5.17. The number of hydrogen-bond donors (Lipinski definition) is 2. The van der Waals surface area contributed by atoms with Gasteiger partial charge in [0.2, 0.25) is 0 Å². The van der Waals surface area contributed by atoms with E-state index in [9.17, 15) is 0 Å². The van der Waals surface area contributed by atoms with Crippen molar-refractivity contribution in [2.75, 3.05) is 30.3 Å². The van der Waals surface area contributed by atoms with Gasteiger partial charge in [-0.1, -0.05) is 6.92 Å². The van der Waals surface area contributed by atoms with Gasteiger partial charge in [-0.05, 0) is 34.1 Å². The van der Waals surface area contributed by atoms with E-state index >= 15 is 0 Å². The average molecular weight is 266 g/mol. The first kappa shape index (κ1) is 15.7. The Hall–Kier alpha value is -1.36. The molecule has 0 saturated carbocycles. The quantitative estimate of drug-likeness (QED) is 0.757. The van der Waals surface area contributed by atoms with Gasteiger partial charge in [0.15, 0.2) is 0 Å². The van der Waals surface area contributed by atoms with Gasteiger partial charge in [-0.15, -0.1) is 0 Å². The molecule has 0 bridgehead atoms. The van der Waals surface area contributed by atoms with Crippen molar-refractivity contribution in [2.24, 2.45) is 0 Å². The molecule has 0 unspecified atom stereocenters. The molecule has 1 rings (SSSR count). The second kappa shape index (κ2) is 7.28. The Morgan fingerprint density at radius 3 is 2.37 bits per heavy atom. The third-order valence-corrected chi connectivity index (χ3v) is 2.84. The number of aromatic nitrogens is 2. The smallest absolute Gasteiger partial charge is 0.134 e. The van der Waals surface area contributed by atoms with Gasteiger partial charge in [0.05, 0.1) is 5.60 Å². The zero-order chi connectivity index (χ0) is 14.3. The van der Waals surface area contributed by atoms with Crippen LogP contribution in [-0.2, 0) is 4.74 Å². The molecule has 0 amide bonds. The molecule has 5 heteroatoms. The summed E-state index contributed by atoms with van der Waals surface area (Å²) in [5, 5.41) is 6.64. The molecule has 0 atom stereocenters. The van der Waals surface area contributed by atoms with E-state index in [0.29, 0.717) is 13.2 Å². The predicted molar refractivity (Wildman–Crippen MR) is 79.7 cm³/mol. The summed E-state index contributed by atoms with van der Waals surface area (Å²) in [5.74, 6) is 1.76. The molecule has 0 saturated heterocycles. The number of anilines is 2. The van der Waals surface area contributed by atoms with Crippen molar-refractivity contribution in [3.8, 4) is 0 Å². The molecule has 1 heterocycles. The van der Waals surface area contributed by atoms with Crippen LogP contribution in [0.2, 0.25) is 0 Å². The largest absolute Gasteiger partial charge is 0.374 e. The Bertz CT molecular complexity index is 393. The number of rotatable bonds is 8. The highest BCUT2D eigenvalue weighted by Gasteiger charge is 2.18. The van der Waals surface area contributed by atoms with Crippen molar-refractivity contribution < 1.29 is 4.74 Å². The number of hydrogen-bond acceptors (Lipinski definition) is 5. The van der Waals surface area contributed by atoms with Crippen LogP contribution in [0, 0.1) is 6.92 Å². The van der Waals surface area contributed by atoms with Crippen LogP contribution in [0.1, 0.15) is 39.7 Å². The molecule has 0 fully saturated rings. The van der Waals surface area contributed by atoms with Crippen LogP contribution in [0.3, 0.4) is 0 Å². The Kier molecular flexibility index (Phi) is 6.02. The van der Waals surface area contributed by atoms with Gasteiger partial charge in [-0.25, -0.2) is 9.97 Å². The molecule has 1 aromatic rings. The van der Waals surface area contributed by atoms with Gasteiger partial charge in [0.1, 0.15) is 18.0 Å². The van der Waals surface area contributed by atoms with Crippen molar-refractivity contribution in [2.45, 2.75) is 46.6 Å². The summed E-state index contributed by atoms with van der Waals surface area (Å²) in [6, 6.07) is 0. The van der Waals surface area contributed by atoms with E-state index in [1.807, 2.05) is 13.8 Å². The lowest BCUT2D eigenvalue weighted by Crippen LogP contribution is -2.33. The zero-order valence-electron chi connectivity index (χ0n) is 12.7. The Labute approximate surface area is 116 Å². The van der Waals surface area contributed by atoms with Crippen LogP contribution in [-0.4, -0.2) is 35.3 Å². The minimum absolute atomic E-state index is 0.205. The van der Waals surface area contributed by atoms with Crippen LogP contribution in [0.25, 0.3) is 0 Å². The van der Waals surface area contributed by atoms with Gasteiger partial charge in [0.25, 0.3) is 0 Å². The molecule has 0 aliphatic rings. The molecule has 0 radical (unpaired) electrons. The maximum absolute atomic E-state index is 5.66. The van der Waals surface area contributed by atoms with Crippen LogP contribution >= 0.6 is 0 Å².